The predicted octanol–water partition coefficient (Wildman–Crippen LogP) is 0.975. The molecule has 1 atom stereocenters. The maximum Gasteiger partial charge on any atom is 0.178 e. The van der Waals surface area contributed by atoms with Crippen molar-refractivity contribution >= 4 is 16.7 Å². The quantitative estimate of drug-likeness (QED) is 0.740. The van der Waals surface area contributed by atoms with E-state index in [1.807, 2.05) is 36.2 Å². The molecule has 24 heavy (non-hydrogen) atoms. The second-order valence-electron chi connectivity index (χ2n) is 6.43. The number of aromatic nitrogens is 1. The van der Waals surface area contributed by atoms with Crippen molar-refractivity contribution in [2.45, 2.75) is 6.10 Å². The zero-order chi connectivity index (χ0) is 16.9. The van der Waals surface area contributed by atoms with E-state index in [0.29, 0.717) is 25.2 Å². The minimum atomic E-state index is -0.469. The van der Waals surface area contributed by atoms with Crippen LogP contribution in [-0.4, -0.2) is 84.8 Å². The number of aliphatic hydroxyl groups is 1. The van der Waals surface area contributed by atoms with Crippen molar-refractivity contribution in [3.63, 3.8) is 0 Å². The van der Waals surface area contributed by atoms with Gasteiger partial charge in [-0.25, -0.2) is 0 Å². The Morgan fingerprint density at radius 3 is 2.92 bits per heavy atom. The molecule has 0 aliphatic carbocycles. The van der Waals surface area contributed by atoms with E-state index >= 15 is 0 Å². The first-order valence-electron chi connectivity index (χ1n) is 8.39. The first kappa shape index (κ1) is 17.1. The SMILES string of the molecule is CN(CC(=O)c1c[nH]c2ccccc12)CC(O)CN1CCOCC1. The lowest BCUT2D eigenvalue weighted by molar-refractivity contribution is 0.00899. The first-order valence-corrected chi connectivity index (χ1v) is 8.39. The Bertz CT molecular complexity index is 679. The molecule has 0 amide bonds. The molecule has 1 unspecified atom stereocenters. The van der Waals surface area contributed by atoms with E-state index in [2.05, 4.69) is 9.88 Å². The van der Waals surface area contributed by atoms with E-state index in [1.54, 1.807) is 6.20 Å². The number of hydrogen-bond donors (Lipinski definition) is 2. The maximum atomic E-state index is 12.5. The highest BCUT2D eigenvalue weighted by Crippen LogP contribution is 2.18. The normalized spacial score (nSPS) is 17.5. The van der Waals surface area contributed by atoms with Crippen LogP contribution in [0.3, 0.4) is 0 Å². The van der Waals surface area contributed by atoms with E-state index in [4.69, 9.17) is 4.74 Å². The summed E-state index contributed by atoms with van der Waals surface area (Å²) in [5.74, 6) is 0.0634. The van der Waals surface area contributed by atoms with Gasteiger partial charge in [0.2, 0.25) is 0 Å². The number of likely N-dealkylation sites (N-methyl/N-ethyl adjacent to an activating group) is 1. The van der Waals surface area contributed by atoms with Crippen LogP contribution < -0.4 is 0 Å². The number of nitrogens with one attached hydrogen (secondary N) is 1. The first-order chi connectivity index (χ1) is 11.6. The van der Waals surface area contributed by atoms with Crippen molar-refractivity contribution in [2.24, 2.45) is 0 Å². The Kier molecular flexibility index (Phi) is 5.63. The number of β-amino-alcohol motifs (C(OH)–C–C–N with tert-alkyl or cyclic N) is 1. The van der Waals surface area contributed by atoms with Crippen LogP contribution in [0.15, 0.2) is 30.5 Å². The molecule has 2 aromatic rings. The van der Waals surface area contributed by atoms with Gasteiger partial charge in [0, 0.05) is 48.8 Å². The van der Waals surface area contributed by atoms with E-state index in [1.165, 1.54) is 0 Å². The number of carbonyl (C=O) groups is 1. The second-order valence-corrected chi connectivity index (χ2v) is 6.43. The molecule has 2 heterocycles. The molecule has 6 heteroatoms. The number of nitrogens with zero attached hydrogens (tertiary/aromatic N) is 2. The minimum absolute atomic E-state index is 0.0634. The maximum absolute atomic E-state index is 12.5. The summed E-state index contributed by atoms with van der Waals surface area (Å²) in [6, 6.07) is 7.79. The number of aliphatic hydroxyl groups excluding tert-OH is 1. The van der Waals surface area contributed by atoms with Gasteiger partial charge in [-0.15, -0.1) is 0 Å². The summed E-state index contributed by atoms with van der Waals surface area (Å²) in [4.78, 5) is 19.7. The van der Waals surface area contributed by atoms with Crippen LogP contribution in [-0.2, 0) is 4.74 Å². The van der Waals surface area contributed by atoms with Gasteiger partial charge in [-0.3, -0.25) is 14.6 Å². The van der Waals surface area contributed by atoms with Gasteiger partial charge in [-0.05, 0) is 13.1 Å². The van der Waals surface area contributed by atoms with Gasteiger partial charge in [0.15, 0.2) is 5.78 Å². The van der Waals surface area contributed by atoms with E-state index in [-0.39, 0.29) is 5.78 Å². The number of ketones is 1. The highest BCUT2D eigenvalue weighted by atomic mass is 16.5. The fourth-order valence-electron chi connectivity index (χ4n) is 3.20. The van der Waals surface area contributed by atoms with Gasteiger partial charge in [-0.2, -0.15) is 0 Å². The molecule has 0 bridgehead atoms. The topological polar surface area (TPSA) is 68.8 Å². The van der Waals surface area contributed by atoms with Gasteiger partial charge in [-0.1, -0.05) is 18.2 Å². The molecule has 1 saturated heterocycles. The van der Waals surface area contributed by atoms with Crippen LogP contribution in [0.5, 0.6) is 0 Å². The van der Waals surface area contributed by atoms with Crippen molar-refractivity contribution in [3.8, 4) is 0 Å². The number of Topliss-reactive ketones (excluding diaryl/α,β-unsaturated/α-hetero) is 1. The Balaban J connectivity index is 1.52. The van der Waals surface area contributed by atoms with E-state index in [0.717, 1.165) is 37.2 Å². The molecule has 0 spiro atoms. The third-order valence-corrected chi connectivity index (χ3v) is 4.40. The number of H-pyrrole nitrogens is 1. The van der Waals surface area contributed by atoms with Gasteiger partial charge >= 0.3 is 0 Å². The lowest BCUT2D eigenvalue weighted by Crippen LogP contribution is -2.44. The molecule has 1 aliphatic rings. The largest absolute Gasteiger partial charge is 0.390 e. The molecule has 2 N–H and O–H groups in total. The summed E-state index contributed by atoms with van der Waals surface area (Å²) in [6.07, 6.45) is 1.30. The van der Waals surface area contributed by atoms with Crippen LogP contribution in [0.1, 0.15) is 10.4 Å². The number of morpholine rings is 1. The zero-order valence-corrected chi connectivity index (χ0v) is 14.1. The Labute approximate surface area is 142 Å². The number of aromatic amines is 1. The van der Waals surface area contributed by atoms with E-state index in [9.17, 15) is 9.90 Å². The molecule has 6 nitrogen and oxygen atoms in total. The molecule has 1 aliphatic heterocycles. The lowest BCUT2D eigenvalue weighted by atomic mass is 10.1. The monoisotopic (exact) mass is 331 g/mol. The van der Waals surface area contributed by atoms with Gasteiger partial charge in [0.1, 0.15) is 0 Å². The molecule has 1 fully saturated rings. The number of ether oxygens (including phenoxy) is 1. The van der Waals surface area contributed by atoms with Crippen molar-refractivity contribution in [1.82, 2.24) is 14.8 Å². The van der Waals surface area contributed by atoms with Crippen molar-refractivity contribution in [2.75, 3.05) is 53.0 Å². The van der Waals surface area contributed by atoms with Crippen LogP contribution in [0.25, 0.3) is 10.9 Å². The lowest BCUT2D eigenvalue weighted by Gasteiger charge is -2.29. The Morgan fingerprint density at radius 2 is 2.12 bits per heavy atom. The smallest absolute Gasteiger partial charge is 0.178 e. The number of benzene rings is 1. The minimum Gasteiger partial charge on any atom is -0.390 e. The average molecular weight is 331 g/mol. The summed E-state index contributed by atoms with van der Waals surface area (Å²) in [5.41, 5.74) is 1.68. The van der Waals surface area contributed by atoms with Gasteiger partial charge < -0.3 is 14.8 Å². The van der Waals surface area contributed by atoms with Gasteiger partial charge in [0.25, 0.3) is 0 Å². The number of para-hydroxylation sites is 1. The standard InChI is InChI=1S/C18H25N3O3/c1-20(11-14(22)12-21-6-8-24-9-7-21)13-18(23)16-10-19-17-5-3-2-4-15(16)17/h2-5,10,14,19,22H,6-9,11-13H2,1H3. The fourth-order valence-corrected chi connectivity index (χ4v) is 3.20. The number of hydrogen-bond acceptors (Lipinski definition) is 5. The number of fused-ring (bicyclic) bond motifs is 1. The van der Waals surface area contributed by atoms with Crippen LogP contribution >= 0.6 is 0 Å². The number of rotatable bonds is 7. The average Bonchev–Trinajstić information content (AvgIpc) is 2.99. The predicted molar refractivity (Wildman–Crippen MR) is 93.4 cm³/mol. The summed E-state index contributed by atoms with van der Waals surface area (Å²) >= 11 is 0. The molecule has 3 rings (SSSR count). The zero-order valence-electron chi connectivity index (χ0n) is 14.1. The second kappa shape index (κ2) is 7.90. The summed E-state index contributed by atoms with van der Waals surface area (Å²) in [6.45, 7) is 4.55. The summed E-state index contributed by atoms with van der Waals surface area (Å²) in [5, 5.41) is 11.2. The molecule has 130 valence electrons. The molecule has 0 saturated carbocycles. The summed E-state index contributed by atoms with van der Waals surface area (Å²) in [7, 11) is 1.87. The van der Waals surface area contributed by atoms with Crippen molar-refractivity contribution < 1.29 is 14.6 Å². The highest BCUT2D eigenvalue weighted by Gasteiger charge is 2.18. The van der Waals surface area contributed by atoms with Crippen LogP contribution in [0, 0.1) is 0 Å². The molecule has 1 aromatic heterocycles. The van der Waals surface area contributed by atoms with Crippen molar-refractivity contribution in [3.05, 3.63) is 36.0 Å². The molecular formula is C18H25N3O3. The Hall–Kier alpha value is -1.73. The Morgan fingerprint density at radius 1 is 1.38 bits per heavy atom. The third kappa shape index (κ3) is 4.21. The molecular weight excluding hydrogens is 306 g/mol. The number of carbonyl (C=O) groups excluding carboxylic acids is 1. The summed E-state index contributed by atoms with van der Waals surface area (Å²) < 4.78 is 5.31. The van der Waals surface area contributed by atoms with E-state index < -0.39 is 6.10 Å². The molecule has 1 aromatic carbocycles. The highest BCUT2D eigenvalue weighted by molar-refractivity contribution is 6.08. The molecule has 0 radical (unpaired) electrons. The van der Waals surface area contributed by atoms with Crippen molar-refractivity contribution in [1.29, 1.82) is 0 Å². The third-order valence-electron chi connectivity index (χ3n) is 4.40. The van der Waals surface area contributed by atoms with Crippen LogP contribution in [0.4, 0.5) is 0 Å². The fraction of sp³-hybridized carbons (Fsp3) is 0.500. The van der Waals surface area contributed by atoms with Gasteiger partial charge in [0.05, 0.1) is 25.9 Å². The van der Waals surface area contributed by atoms with Crippen LogP contribution in [0.2, 0.25) is 0 Å².